The fraction of sp³-hybridized carbons (Fsp3) is 0.333. The molecular weight excluding hydrogens is 379 g/mol. The molecule has 0 atom stereocenters. The van der Waals surface area contributed by atoms with Gasteiger partial charge < -0.3 is 0 Å². The second-order valence-electron chi connectivity index (χ2n) is 6.34. The molecule has 0 spiro atoms. The van der Waals surface area contributed by atoms with E-state index in [4.69, 9.17) is 0 Å². The van der Waals surface area contributed by atoms with Crippen molar-refractivity contribution >= 4 is 7.51 Å². The van der Waals surface area contributed by atoms with Crippen molar-refractivity contribution in [3.05, 3.63) is 71.8 Å². The minimum absolute atomic E-state index is 0.241. The van der Waals surface area contributed by atoms with Crippen LogP contribution in [0.3, 0.4) is 0 Å². The van der Waals surface area contributed by atoms with Gasteiger partial charge in [0.05, 0.1) is 6.04 Å². The summed E-state index contributed by atoms with van der Waals surface area (Å²) in [5.41, 5.74) is 0.801. The average Bonchev–Trinajstić information content (AvgIpc) is 2.62. The van der Waals surface area contributed by atoms with Gasteiger partial charge >= 0.3 is 6.30 Å². The summed E-state index contributed by atoms with van der Waals surface area (Å²) < 4.78 is 59.9. The lowest BCUT2D eigenvalue weighted by molar-refractivity contribution is -0.222. The van der Waals surface area contributed by atoms with Crippen LogP contribution in [0, 0.1) is 0 Å². The highest BCUT2D eigenvalue weighted by atomic mass is 31.2. The number of alkyl halides is 3. The standard InChI is InChI=1S/C18H23F4N4P/c1-24(2)27(23-22,25(3)4)26(18(19,20)21)17(15-11-7-5-8-12-15)16-13-9-6-10-14-16/h5-14,17H,1-4H3. The van der Waals surface area contributed by atoms with Crippen molar-refractivity contribution < 1.29 is 17.7 Å². The molecule has 0 aromatic heterocycles. The highest BCUT2D eigenvalue weighted by molar-refractivity contribution is 7.59. The third-order valence-electron chi connectivity index (χ3n) is 4.20. The normalized spacial score (nSPS) is 13.0. The SMILES string of the molecule is CN(C)P(=NF)(N(C)C)N(C(c1ccccc1)c1ccccc1)C(F)(F)F. The number of nitrogens with zero attached hydrogens (tertiary/aromatic N) is 4. The first-order valence-electron chi connectivity index (χ1n) is 8.21. The van der Waals surface area contributed by atoms with Gasteiger partial charge in [0.15, 0.2) is 0 Å². The summed E-state index contributed by atoms with van der Waals surface area (Å²) in [4.78, 5) is 2.83. The van der Waals surface area contributed by atoms with Crippen LogP contribution in [0.25, 0.3) is 0 Å². The molecule has 2 aromatic rings. The smallest absolute Gasteiger partial charge is 0.250 e. The Bertz CT molecular complexity index is 727. The Kier molecular flexibility index (Phi) is 6.81. The lowest BCUT2D eigenvalue weighted by atomic mass is 9.99. The molecule has 0 aliphatic rings. The molecule has 148 valence electrons. The summed E-state index contributed by atoms with van der Waals surface area (Å²) in [7, 11) is 1.72. The van der Waals surface area contributed by atoms with Crippen LogP contribution in [0.5, 0.6) is 0 Å². The Morgan fingerprint density at radius 2 is 1.15 bits per heavy atom. The van der Waals surface area contributed by atoms with Crippen molar-refractivity contribution in [2.24, 2.45) is 4.97 Å². The second-order valence-corrected chi connectivity index (χ2v) is 9.60. The van der Waals surface area contributed by atoms with Crippen molar-refractivity contribution in [2.45, 2.75) is 12.3 Å². The molecule has 0 radical (unpaired) electrons. The van der Waals surface area contributed by atoms with Crippen LogP contribution in [0.2, 0.25) is 0 Å². The Balaban J connectivity index is 2.85. The number of hydrogen-bond donors (Lipinski definition) is 0. The van der Waals surface area contributed by atoms with Crippen molar-refractivity contribution in [1.82, 2.24) is 14.0 Å². The van der Waals surface area contributed by atoms with E-state index < -0.39 is 19.8 Å². The zero-order valence-electron chi connectivity index (χ0n) is 15.6. The fourth-order valence-electron chi connectivity index (χ4n) is 3.11. The highest BCUT2D eigenvalue weighted by Crippen LogP contribution is 2.64. The maximum absolute atomic E-state index is 14.4. The first-order valence-corrected chi connectivity index (χ1v) is 9.81. The Morgan fingerprint density at radius 3 is 1.41 bits per heavy atom. The minimum atomic E-state index is -4.84. The lowest BCUT2D eigenvalue weighted by Gasteiger charge is -2.46. The van der Waals surface area contributed by atoms with Gasteiger partial charge in [-0.25, -0.2) is 9.34 Å². The van der Waals surface area contributed by atoms with E-state index in [1.165, 1.54) is 37.5 Å². The van der Waals surface area contributed by atoms with E-state index in [1.807, 2.05) is 0 Å². The van der Waals surface area contributed by atoms with Gasteiger partial charge in [-0.05, 0) is 39.3 Å². The third kappa shape index (κ3) is 4.24. The van der Waals surface area contributed by atoms with E-state index in [0.717, 1.165) is 0 Å². The van der Waals surface area contributed by atoms with Gasteiger partial charge in [-0.3, -0.25) is 0 Å². The molecule has 2 aromatic carbocycles. The maximum atomic E-state index is 14.4. The Hall–Kier alpha value is -1.73. The molecule has 0 aliphatic heterocycles. The molecule has 0 fully saturated rings. The summed E-state index contributed by atoms with van der Waals surface area (Å²) in [6, 6.07) is 15.3. The molecule has 27 heavy (non-hydrogen) atoms. The first kappa shape index (κ1) is 21.6. The van der Waals surface area contributed by atoms with Gasteiger partial charge in [0.2, 0.25) is 7.51 Å². The van der Waals surface area contributed by atoms with Gasteiger partial charge in [-0.15, -0.1) is 4.67 Å². The fourth-order valence-corrected chi connectivity index (χ4v) is 5.82. The van der Waals surface area contributed by atoms with Crippen LogP contribution in [-0.4, -0.2) is 48.5 Å². The first-order chi connectivity index (χ1) is 12.7. The molecule has 0 aliphatic carbocycles. The molecule has 4 nitrogen and oxygen atoms in total. The predicted molar refractivity (Wildman–Crippen MR) is 100 cm³/mol. The molecule has 0 saturated carbocycles. The predicted octanol–water partition coefficient (Wildman–Crippen LogP) is 5.55. The third-order valence-corrected chi connectivity index (χ3v) is 7.58. The number of halogens is 4. The largest absolute Gasteiger partial charge is 0.467 e. The second kappa shape index (κ2) is 8.52. The van der Waals surface area contributed by atoms with Crippen molar-refractivity contribution in [1.29, 1.82) is 0 Å². The van der Waals surface area contributed by atoms with Crippen molar-refractivity contribution in [2.75, 3.05) is 28.2 Å². The van der Waals surface area contributed by atoms with E-state index in [1.54, 1.807) is 60.7 Å². The van der Waals surface area contributed by atoms with Gasteiger partial charge in [0, 0.05) is 0 Å². The van der Waals surface area contributed by atoms with E-state index in [0.29, 0.717) is 11.1 Å². The molecular formula is C18H23F4N4P. The zero-order valence-corrected chi connectivity index (χ0v) is 16.5. The lowest BCUT2D eigenvalue weighted by Crippen LogP contribution is -2.45. The summed E-state index contributed by atoms with van der Waals surface area (Å²) in [6.45, 7) is 0. The van der Waals surface area contributed by atoms with E-state index in [2.05, 4.69) is 4.97 Å². The maximum Gasteiger partial charge on any atom is 0.467 e. The Morgan fingerprint density at radius 1 is 0.778 bits per heavy atom. The zero-order chi connectivity index (χ0) is 20.2. The number of hydrogen-bond acceptors (Lipinski definition) is 1. The van der Waals surface area contributed by atoms with Gasteiger partial charge in [0.25, 0.3) is 0 Å². The molecule has 0 amide bonds. The van der Waals surface area contributed by atoms with Gasteiger partial charge in [-0.2, -0.15) is 13.2 Å². The quantitative estimate of drug-likeness (QED) is 0.359. The van der Waals surface area contributed by atoms with Crippen LogP contribution in [-0.2, 0) is 0 Å². The van der Waals surface area contributed by atoms with E-state index in [-0.39, 0.29) is 4.67 Å². The highest BCUT2D eigenvalue weighted by Gasteiger charge is 2.54. The number of rotatable bonds is 6. The molecule has 0 N–H and O–H groups in total. The average molecular weight is 402 g/mol. The molecule has 0 bridgehead atoms. The summed E-state index contributed by atoms with van der Waals surface area (Å²) in [6.07, 6.45) is -4.84. The van der Waals surface area contributed by atoms with Crippen LogP contribution in [0.1, 0.15) is 17.2 Å². The summed E-state index contributed by atoms with van der Waals surface area (Å²) in [5.74, 6) is 0. The monoisotopic (exact) mass is 402 g/mol. The van der Waals surface area contributed by atoms with Gasteiger partial charge in [0.1, 0.15) is 0 Å². The summed E-state index contributed by atoms with van der Waals surface area (Å²) in [5, 5.41) is 0. The van der Waals surface area contributed by atoms with Crippen LogP contribution in [0.15, 0.2) is 65.6 Å². The van der Waals surface area contributed by atoms with E-state index >= 15 is 0 Å². The molecule has 9 heteroatoms. The minimum Gasteiger partial charge on any atom is -0.250 e. The van der Waals surface area contributed by atoms with Crippen LogP contribution < -0.4 is 0 Å². The molecule has 2 rings (SSSR count). The Labute approximate surface area is 157 Å². The van der Waals surface area contributed by atoms with Crippen molar-refractivity contribution in [3.8, 4) is 0 Å². The number of benzene rings is 2. The van der Waals surface area contributed by atoms with E-state index in [9.17, 15) is 17.7 Å². The van der Waals surface area contributed by atoms with Gasteiger partial charge in [-0.1, -0.05) is 70.1 Å². The van der Waals surface area contributed by atoms with Crippen LogP contribution >= 0.6 is 7.51 Å². The molecule has 0 heterocycles. The molecule has 0 unspecified atom stereocenters. The van der Waals surface area contributed by atoms with Crippen LogP contribution in [0.4, 0.5) is 17.7 Å². The topological polar surface area (TPSA) is 22.1 Å². The van der Waals surface area contributed by atoms with Crippen molar-refractivity contribution in [3.63, 3.8) is 0 Å². The summed E-state index contributed by atoms with van der Waals surface area (Å²) >= 11 is 0. The molecule has 0 saturated heterocycles.